The predicted octanol–water partition coefficient (Wildman–Crippen LogP) is 3.52. The average Bonchev–Trinajstić information content (AvgIpc) is 2.53. The fourth-order valence-corrected chi connectivity index (χ4v) is 2.88. The number of hydrogen-bond donors (Lipinski definition) is 0. The fourth-order valence-electron chi connectivity index (χ4n) is 2.88. The van der Waals surface area contributed by atoms with Gasteiger partial charge in [0.2, 0.25) is 0 Å². The van der Waals surface area contributed by atoms with Crippen LogP contribution in [0.4, 0.5) is 0 Å². The third kappa shape index (κ3) is 2.77. The van der Waals surface area contributed by atoms with E-state index in [1.54, 1.807) is 17.1 Å². The van der Waals surface area contributed by atoms with Crippen LogP contribution in [0.3, 0.4) is 0 Å². The Morgan fingerprint density at radius 3 is 2.61 bits per heavy atom. The van der Waals surface area contributed by atoms with Crippen LogP contribution in [-0.2, 0) is 6.42 Å². The van der Waals surface area contributed by atoms with Gasteiger partial charge < -0.3 is 0 Å². The van der Waals surface area contributed by atoms with Crippen molar-refractivity contribution in [1.29, 1.82) is 0 Å². The minimum atomic E-state index is 0.00890. The molecule has 2 heterocycles. The lowest BCUT2D eigenvalue weighted by molar-refractivity contribution is 0.516. The molecule has 3 aromatic rings. The van der Waals surface area contributed by atoms with Crippen molar-refractivity contribution in [2.24, 2.45) is 0 Å². The Kier molecular flexibility index (Phi) is 3.99. The molecule has 0 saturated carbocycles. The van der Waals surface area contributed by atoms with Crippen molar-refractivity contribution in [1.82, 2.24) is 14.5 Å². The maximum absolute atomic E-state index is 12.8. The summed E-state index contributed by atoms with van der Waals surface area (Å²) in [6.45, 7) is 8.12. The first kappa shape index (κ1) is 15.4. The minimum absolute atomic E-state index is 0.00890. The van der Waals surface area contributed by atoms with E-state index >= 15 is 0 Å². The molecule has 0 saturated heterocycles. The molecule has 3 rings (SSSR count). The topological polar surface area (TPSA) is 47.8 Å². The van der Waals surface area contributed by atoms with Gasteiger partial charge in [0.05, 0.1) is 17.2 Å². The molecule has 0 bridgehead atoms. The van der Waals surface area contributed by atoms with E-state index in [4.69, 9.17) is 0 Å². The number of pyridine rings is 1. The maximum Gasteiger partial charge on any atom is 0.261 e. The van der Waals surface area contributed by atoms with Crippen LogP contribution >= 0.6 is 0 Å². The monoisotopic (exact) mass is 307 g/mol. The van der Waals surface area contributed by atoms with Crippen LogP contribution in [0.15, 0.2) is 41.6 Å². The zero-order valence-corrected chi connectivity index (χ0v) is 14.0. The molecule has 0 aliphatic carbocycles. The van der Waals surface area contributed by atoms with Gasteiger partial charge in [-0.05, 0) is 56.5 Å². The maximum atomic E-state index is 12.8. The Hall–Kier alpha value is -2.49. The van der Waals surface area contributed by atoms with Crippen molar-refractivity contribution in [3.05, 3.63) is 69.5 Å². The van der Waals surface area contributed by atoms with Gasteiger partial charge in [0.1, 0.15) is 0 Å². The molecule has 23 heavy (non-hydrogen) atoms. The van der Waals surface area contributed by atoms with Crippen LogP contribution in [0.5, 0.6) is 0 Å². The second kappa shape index (κ2) is 5.95. The van der Waals surface area contributed by atoms with Gasteiger partial charge in [0, 0.05) is 24.4 Å². The van der Waals surface area contributed by atoms with E-state index in [9.17, 15) is 4.79 Å². The summed E-state index contributed by atoms with van der Waals surface area (Å²) in [5, 5.41) is 0.681. The lowest BCUT2D eigenvalue weighted by Gasteiger charge is -2.16. The number of benzene rings is 1. The molecule has 0 aliphatic rings. The molecular weight excluding hydrogens is 286 g/mol. The van der Waals surface area contributed by atoms with Crippen LogP contribution in [0.1, 0.15) is 35.3 Å². The number of nitrogens with zero attached hydrogens (tertiary/aromatic N) is 3. The van der Waals surface area contributed by atoms with E-state index < -0.39 is 0 Å². The number of rotatable bonds is 3. The summed E-state index contributed by atoms with van der Waals surface area (Å²) in [4.78, 5) is 21.8. The highest BCUT2D eigenvalue weighted by molar-refractivity contribution is 5.81. The fraction of sp³-hybridized carbons (Fsp3) is 0.316. The quantitative estimate of drug-likeness (QED) is 0.744. The van der Waals surface area contributed by atoms with Gasteiger partial charge in [-0.1, -0.05) is 12.1 Å². The van der Waals surface area contributed by atoms with E-state index in [2.05, 4.69) is 9.97 Å². The Bertz CT molecular complexity index is 928. The zero-order valence-electron chi connectivity index (χ0n) is 14.0. The summed E-state index contributed by atoms with van der Waals surface area (Å²) < 4.78 is 1.71. The first-order chi connectivity index (χ1) is 11.0. The van der Waals surface area contributed by atoms with Gasteiger partial charge in [-0.2, -0.15) is 0 Å². The van der Waals surface area contributed by atoms with Gasteiger partial charge in [0.15, 0.2) is 0 Å². The predicted molar refractivity (Wildman–Crippen MR) is 92.9 cm³/mol. The van der Waals surface area contributed by atoms with Crippen molar-refractivity contribution < 1.29 is 0 Å². The van der Waals surface area contributed by atoms with E-state index in [-0.39, 0.29) is 11.6 Å². The third-order valence-corrected chi connectivity index (χ3v) is 4.56. The Labute approximate surface area is 135 Å². The summed E-state index contributed by atoms with van der Waals surface area (Å²) in [5.74, 6) is 0. The molecule has 4 nitrogen and oxygen atoms in total. The summed E-state index contributed by atoms with van der Waals surface area (Å²) in [7, 11) is 0. The molecule has 4 heteroatoms. The summed E-state index contributed by atoms with van der Waals surface area (Å²) in [5.41, 5.74) is 5.20. The molecule has 1 atom stereocenters. The van der Waals surface area contributed by atoms with Gasteiger partial charge in [-0.3, -0.25) is 14.3 Å². The second-order valence-corrected chi connectivity index (χ2v) is 6.18. The Morgan fingerprint density at radius 2 is 1.87 bits per heavy atom. The van der Waals surface area contributed by atoms with Crippen LogP contribution in [0, 0.1) is 20.8 Å². The largest absolute Gasteiger partial charge is 0.295 e. The lowest BCUT2D eigenvalue weighted by Crippen LogP contribution is -2.25. The highest BCUT2D eigenvalue weighted by atomic mass is 16.1. The van der Waals surface area contributed by atoms with E-state index in [0.29, 0.717) is 11.8 Å². The van der Waals surface area contributed by atoms with Crippen LogP contribution < -0.4 is 5.56 Å². The molecule has 0 amide bonds. The van der Waals surface area contributed by atoms with Gasteiger partial charge in [-0.25, -0.2) is 4.98 Å². The Balaban J connectivity index is 2.03. The van der Waals surface area contributed by atoms with Gasteiger partial charge in [-0.15, -0.1) is 0 Å². The Morgan fingerprint density at radius 1 is 1.09 bits per heavy atom. The summed E-state index contributed by atoms with van der Waals surface area (Å²) in [6, 6.07) is 7.84. The normalized spacial score (nSPS) is 12.5. The van der Waals surface area contributed by atoms with Crippen molar-refractivity contribution in [2.75, 3.05) is 0 Å². The smallest absolute Gasteiger partial charge is 0.261 e. The minimum Gasteiger partial charge on any atom is -0.295 e. The molecule has 0 spiro atoms. The highest BCUT2D eigenvalue weighted by Gasteiger charge is 2.14. The van der Waals surface area contributed by atoms with Crippen molar-refractivity contribution in [3.8, 4) is 0 Å². The number of aromatic nitrogens is 3. The third-order valence-electron chi connectivity index (χ3n) is 4.56. The molecule has 0 N–H and O–H groups in total. The summed E-state index contributed by atoms with van der Waals surface area (Å²) in [6.07, 6.45) is 4.17. The van der Waals surface area contributed by atoms with Crippen molar-refractivity contribution >= 4 is 10.9 Å². The number of hydrogen-bond acceptors (Lipinski definition) is 3. The SMILES string of the molecule is Cc1cccnc1CC(C)n1cnc2c(C)c(C)ccc2c1=O. The molecular formula is C19H21N3O. The first-order valence-corrected chi connectivity index (χ1v) is 7.86. The molecule has 1 unspecified atom stereocenters. The van der Waals surface area contributed by atoms with Gasteiger partial charge >= 0.3 is 0 Å². The number of fused-ring (bicyclic) bond motifs is 1. The zero-order chi connectivity index (χ0) is 16.6. The van der Waals surface area contributed by atoms with Gasteiger partial charge in [0.25, 0.3) is 5.56 Å². The van der Waals surface area contributed by atoms with Crippen LogP contribution in [0.25, 0.3) is 10.9 Å². The van der Waals surface area contributed by atoms with Crippen LogP contribution in [0.2, 0.25) is 0 Å². The van der Waals surface area contributed by atoms with Crippen molar-refractivity contribution in [2.45, 2.75) is 40.2 Å². The summed E-state index contributed by atoms with van der Waals surface area (Å²) >= 11 is 0. The first-order valence-electron chi connectivity index (χ1n) is 7.86. The highest BCUT2D eigenvalue weighted by Crippen LogP contribution is 2.18. The molecule has 2 aromatic heterocycles. The standard InChI is InChI=1S/C19H21N3O/c1-12-7-8-16-18(15(12)4)21-11-22(19(16)23)14(3)10-17-13(2)6-5-9-20-17/h5-9,11,14H,10H2,1-4H3. The van der Waals surface area contributed by atoms with E-state index in [1.165, 1.54) is 0 Å². The lowest BCUT2D eigenvalue weighted by atomic mass is 10.1. The van der Waals surface area contributed by atoms with E-state index in [0.717, 1.165) is 27.9 Å². The average molecular weight is 307 g/mol. The second-order valence-electron chi connectivity index (χ2n) is 6.18. The molecule has 0 fully saturated rings. The molecule has 118 valence electrons. The molecule has 0 aliphatic heterocycles. The molecule has 1 aromatic carbocycles. The number of aryl methyl sites for hydroxylation is 3. The van der Waals surface area contributed by atoms with Crippen molar-refractivity contribution in [3.63, 3.8) is 0 Å². The van der Waals surface area contributed by atoms with Crippen LogP contribution in [-0.4, -0.2) is 14.5 Å². The molecule has 0 radical (unpaired) electrons. The van der Waals surface area contributed by atoms with E-state index in [1.807, 2.05) is 52.0 Å².